The second-order valence-corrected chi connectivity index (χ2v) is 7.87. The fourth-order valence-electron chi connectivity index (χ4n) is 1.90. The Hall–Kier alpha value is -1.40. The van der Waals surface area contributed by atoms with Crippen molar-refractivity contribution in [2.45, 2.75) is 31.7 Å². The Morgan fingerprint density at radius 1 is 1.35 bits per heavy atom. The van der Waals surface area contributed by atoms with E-state index in [1.807, 2.05) is 25.3 Å². The molecule has 0 aliphatic carbocycles. The fraction of sp³-hybridized carbons (Fsp3) is 0.357. The highest BCUT2D eigenvalue weighted by Crippen LogP contribution is 2.26. The molecule has 108 valence electrons. The summed E-state index contributed by atoms with van der Waals surface area (Å²) < 4.78 is 24.2. The van der Waals surface area contributed by atoms with Crippen LogP contribution in [0.5, 0.6) is 0 Å². The molecule has 1 unspecified atom stereocenters. The van der Waals surface area contributed by atoms with Crippen LogP contribution in [0.2, 0.25) is 0 Å². The van der Waals surface area contributed by atoms with Gasteiger partial charge in [0.1, 0.15) is 0 Å². The fourth-order valence-corrected chi connectivity index (χ4v) is 3.66. The first-order valence-corrected chi connectivity index (χ1v) is 8.97. The number of thiazole rings is 1. The van der Waals surface area contributed by atoms with Crippen LogP contribution in [0.15, 0.2) is 34.5 Å². The zero-order chi connectivity index (χ0) is 14.8. The van der Waals surface area contributed by atoms with E-state index in [2.05, 4.69) is 10.3 Å². The van der Waals surface area contributed by atoms with Crippen molar-refractivity contribution in [3.63, 3.8) is 0 Å². The number of sulfone groups is 1. The summed E-state index contributed by atoms with van der Waals surface area (Å²) in [6.07, 6.45) is 0. The molecule has 1 N–H and O–H groups in total. The van der Waals surface area contributed by atoms with Crippen molar-refractivity contribution in [1.29, 1.82) is 0 Å². The van der Waals surface area contributed by atoms with Crippen molar-refractivity contribution < 1.29 is 8.42 Å². The maximum absolute atomic E-state index is 12.1. The highest BCUT2D eigenvalue weighted by molar-refractivity contribution is 7.91. The number of nitrogens with zero attached hydrogens (tertiary/aromatic N) is 1. The van der Waals surface area contributed by atoms with Gasteiger partial charge in [0.15, 0.2) is 9.84 Å². The molecular weight excluding hydrogens is 292 g/mol. The average molecular weight is 310 g/mol. The van der Waals surface area contributed by atoms with Crippen molar-refractivity contribution in [1.82, 2.24) is 4.98 Å². The van der Waals surface area contributed by atoms with Gasteiger partial charge in [-0.3, -0.25) is 0 Å². The van der Waals surface area contributed by atoms with Crippen LogP contribution in [0.4, 0.5) is 5.69 Å². The normalized spacial score (nSPS) is 13.2. The predicted molar refractivity (Wildman–Crippen MR) is 83.1 cm³/mol. The van der Waals surface area contributed by atoms with Gasteiger partial charge >= 0.3 is 0 Å². The van der Waals surface area contributed by atoms with Gasteiger partial charge in [0.25, 0.3) is 0 Å². The Balaban J connectivity index is 2.30. The number of hydrogen-bond donors (Lipinski definition) is 1. The average Bonchev–Trinajstić information content (AvgIpc) is 2.86. The van der Waals surface area contributed by atoms with Gasteiger partial charge in [-0.2, -0.15) is 0 Å². The van der Waals surface area contributed by atoms with Gasteiger partial charge in [-0.15, -0.1) is 11.3 Å². The molecule has 1 aromatic heterocycles. The lowest BCUT2D eigenvalue weighted by molar-refractivity contribution is 0.597. The van der Waals surface area contributed by atoms with E-state index in [4.69, 9.17) is 0 Å². The van der Waals surface area contributed by atoms with Gasteiger partial charge < -0.3 is 5.32 Å². The largest absolute Gasteiger partial charge is 0.376 e. The molecule has 2 aromatic rings. The maximum atomic E-state index is 12.1. The smallest absolute Gasteiger partial charge is 0.180 e. The molecule has 1 heterocycles. The van der Waals surface area contributed by atoms with Crippen molar-refractivity contribution in [3.8, 4) is 0 Å². The molecule has 2 rings (SSSR count). The third-order valence-electron chi connectivity index (χ3n) is 3.05. The molecular formula is C14H18N2O2S2. The van der Waals surface area contributed by atoms with Gasteiger partial charge in [0.05, 0.1) is 33.1 Å². The van der Waals surface area contributed by atoms with Crippen LogP contribution in [-0.4, -0.2) is 19.2 Å². The first kappa shape index (κ1) is 15.0. The highest BCUT2D eigenvalue weighted by atomic mass is 32.2. The molecule has 1 atom stereocenters. The third kappa shape index (κ3) is 3.19. The highest BCUT2D eigenvalue weighted by Gasteiger charge is 2.18. The van der Waals surface area contributed by atoms with Gasteiger partial charge in [0, 0.05) is 5.38 Å². The molecule has 0 spiro atoms. The Morgan fingerprint density at radius 3 is 2.65 bits per heavy atom. The van der Waals surface area contributed by atoms with E-state index in [1.165, 1.54) is 0 Å². The molecule has 0 bridgehead atoms. The topological polar surface area (TPSA) is 59.1 Å². The van der Waals surface area contributed by atoms with Crippen molar-refractivity contribution in [2.24, 2.45) is 0 Å². The van der Waals surface area contributed by atoms with Gasteiger partial charge in [-0.1, -0.05) is 19.1 Å². The minimum absolute atomic E-state index is 0.0341. The second kappa shape index (κ2) is 5.93. The van der Waals surface area contributed by atoms with Crippen LogP contribution in [0.1, 0.15) is 30.6 Å². The van der Waals surface area contributed by atoms with E-state index in [9.17, 15) is 8.42 Å². The standard InChI is InChI=1S/C14H18N2O2S2/c1-4-20(17,18)14-8-6-5-7-12(14)15-10(2)13-9-19-11(3)16-13/h5-10,15H,4H2,1-3H3. The number of aryl methyl sites for hydroxylation is 1. The number of anilines is 1. The summed E-state index contributed by atoms with van der Waals surface area (Å²) in [6, 6.07) is 6.97. The molecule has 1 aromatic carbocycles. The van der Waals surface area contributed by atoms with Gasteiger partial charge in [0.2, 0.25) is 0 Å². The quantitative estimate of drug-likeness (QED) is 0.919. The molecule has 0 radical (unpaired) electrons. The van der Waals surface area contributed by atoms with Crippen LogP contribution in [-0.2, 0) is 9.84 Å². The lowest BCUT2D eigenvalue weighted by Crippen LogP contribution is -2.12. The van der Waals surface area contributed by atoms with E-state index in [0.717, 1.165) is 10.7 Å². The zero-order valence-electron chi connectivity index (χ0n) is 11.8. The van der Waals surface area contributed by atoms with Gasteiger partial charge in [-0.05, 0) is 26.0 Å². The van der Waals surface area contributed by atoms with Crippen molar-refractivity contribution in [3.05, 3.63) is 40.3 Å². The van der Waals surface area contributed by atoms with E-state index in [0.29, 0.717) is 10.6 Å². The number of benzene rings is 1. The molecule has 0 aliphatic rings. The summed E-state index contributed by atoms with van der Waals surface area (Å²) in [5, 5.41) is 6.24. The molecule has 6 heteroatoms. The third-order valence-corrected chi connectivity index (χ3v) is 5.63. The lowest BCUT2D eigenvalue weighted by atomic mass is 10.2. The van der Waals surface area contributed by atoms with E-state index >= 15 is 0 Å². The number of aromatic nitrogens is 1. The Labute approximate surface area is 123 Å². The van der Waals surface area contributed by atoms with Crippen LogP contribution in [0, 0.1) is 6.92 Å². The van der Waals surface area contributed by atoms with Crippen molar-refractivity contribution in [2.75, 3.05) is 11.1 Å². The Bertz CT molecular complexity index is 693. The second-order valence-electron chi connectivity index (χ2n) is 4.56. The Morgan fingerprint density at radius 2 is 2.05 bits per heavy atom. The number of hydrogen-bond acceptors (Lipinski definition) is 5. The van der Waals surface area contributed by atoms with Gasteiger partial charge in [-0.25, -0.2) is 13.4 Å². The molecule has 4 nitrogen and oxygen atoms in total. The summed E-state index contributed by atoms with van der Waals surface area (Å²) in [5.74, 6) is 0.0931. The van der Waals surface area contributed by atoms with Crippen LogP contribution < -0.4 is 5.32 Å². The summed E-state index contributed by atoms with van der Waals surface area (Å²) in [5.41, 5.74) is 1.56. The molecule has 0 saturated heterocycles. The van der Waals surface area contributed by atoms with Crippen LogP contribution in [0.3, 0.4) is 0 Å². The maximum Gasteiger partial charge on any atom is 0.180 e. The molecule has 20 heavy (non-hydrogen) atoms. The number of rotatable bonds is 5. The minimum atomic E-state index is -3.23. The molecule has 0 saturated carbocycles. The molecule has 0 amide bonds. The van der Waals surface area contributed by atoms with E-state index < -0.39 is 9.84 Å². The van der Waals surface area contributed by atoms with Crippen LogP contribution in [0.25, 0.3) is 0 Å². The molecule has 0 aliphatic heterocycles. The molecule has 0 fully saturated rings. The summed E-state index contributed by atoms with van der Waals surface area (Å²) >= 11 is 1.59. The lowest BCUT2D eigenvalue weighted by Gasteiger charge is -2.16. The summed E-state index contributed by atoms with van der Waals surface area (Å²) in [6.45, 7) is 5.58. The van der Waals surface area contributed by atoms with E-state index in [1.54, 1.807) is 36.5 Å². The number of para-hydroxylation sites is 1. The first-order chi connectivity index (χ1) is 9.44. The summed E-state index contributed by atoms with van der Waals surface area (Å²) in [4.78, 5) is 4.77. The first-order valence-electron chi connectivity index (χ1n) is 6.44. The minimum Gasteiger partial charge on any atom is -0.376 e. The summed E-state index contributed by atoms with van der Waals surface area (Å²) in [7, 11) is -3.23. The van der Waals surface area contributed by atoms with Crippen molar-refractivity contribution >= 4 is 26.9 Å². The monoisotopic (exact) mass is 310 g/mol. The van der Waals surface area contributed by atoms with Crippen LogP contribution >= 0.6 is 11.3 Å². The predicted octanol–water partition coefficient (Wildman–Crippen LogP) is 3.42. The van der Waals surface area contributed by atoms with E-state index in [-0.39, 0.29) is 11.8 Å². The SMILES string of the molecule is CCS(=O)(=O)c1ccccc1NC(C)c1csc(C)n1. The zero-order valence-corrected chi connectivity index (χ0v) is 13.4. The number of nitrogens with one attached hydrogen (secondary N) is 1. The Kier molecular flexibility index (Phi) is 4.45.